The molecule has 11 rings (SSSR count). The zero-order valence-corrected chi connectivity index (χ0v) is 27.1. The average molecular weight is 655 g/mol. The number of furan rings is 2. The van der Waals surface area contributed by atoms with Crippen molar-refractivity contribution in [1.82, 2.24) is 19.5 Å². The minimum atomic E-state index is 0.543. The molecule has 0 atom stereocenters. The lowest BCUT2D eigenvalue weighted by atomic mass is 10.1. The van der Waals surface area contributed by atoms with Crippen molar-refractivity contribution in [1.29, 1.82) is 0 Å². The Bertz CT molecular complexity index is 3100. The van der Waals surface area contributed by atoms with Crippen molar-refractivity contribution >= 4 is 65.7 Å². The minimum absolute atomic E-state index is 0.543. The summed E-state index contributed by atoms with van der Waals surface area (Å²) in [5, 5.41) is 6.58. The lowest BCUT2D eigenvalue weighted by Gasteiger charge is -2.08. The first-order valence-electron chi connectivity index (χ1n) is 16.9. The third-order valence-corrected chi connectivity index (χ3v) is 9.87. The Labute approximate surface area is 290 Å². The van der Waals surface area contributed by atoms with E-state index in [1.165, 1.54) is 10.8 Å². The van der Waals surface area contributed by atoms with Crippen LogP contribution in [0.1, 0.15) is 0 Å². The number of fused-ring (bicyclic) bond motifs is 9. The Hall–Kier alpha value is -7.05. The van der Waals surface area contributed by atoms with Gasteiger partial charge in [0.15, 0.2) is 23.1 Å². The first kappa shape index (κ1) is 27.9. The van der Waals surface area contributed by atoms with E-state index in [-0.39, 0.29) is 0 Å². The van der Waals surface area contributed by atoms with Crippen LogP contribution in [0.3, 0.4) is 0 Å². The summed E-state index contributed by atoms with van der Waals surface area (Å²) in [6.07, 6.45) is 0. The van der Waals surface area contributed by atoms with Crippen LogP contribution in [0.25, 0.3) is 106 Å². The van der Waals surface area contributed by atoms with Crippen molar-refractivity contribution in [3.8, 4) is 39.9 Å². The maximum Gasteiger partial charge on any atom is 0.167 e. The molecule has 0 aliphatic carbocycles. The van der Waals surface area contributed by atoms with Gasteiger partial charge in [0.2, 0.25) is 0 Å². The number of hydrogen-bond acceptors (Lipinski definition) is 5. The Balaban J connectivity index is 1.12. The summed E-state index contributed by atoms with van der Waals surface area (Å²) >= 11 is 0. The van der Waals surface area contributed by atoms with Crippen LogP contribution in [0.4, 0.5) is 0 Å². The topological polar surface area (TPSA) is 69.9 Å². The molecule has 0 N–H and O–H groups in total. The predicted molar refractivity (Wildman–Crippen MR) is 205 cm³/mol. The van der Waals surface area contributed by atoms with Gasteiger partial charge < -0.3 is 13.4 Å². The van der Waals surface area contributed by atoms with E-state index in [2.05, 4.69) is 95.6 Å². The van der Waals surface area contributed by atoms with E-state index in [1.807, 2.05) is 66.7 Å². The lowest BCUT2D eigenvalue weighted by molar-refractivity contribution is 0.666. The van der Waals surface area contributed by atoms with E-state index in [1.54, 1.807) is 0 Å². The van der Waals surface area contributed by atoms with Crippen LogP contribution >= 0.6 is 0 Å². The second-order valence-electron chi connectivity index (χ2n) is 12.8. The van der Waals surface area contributed by atoms with Crippen LogP contribution in [0.2, 0.25) is 0 Å². The standard InChI is InChI=1S/C45H26N4O2/c1-2-12-27(13-3-1)43-46-44(48-45(47-43)35-19-10-17-33-31-16-6-9-23-39(31)50-41(33)35)28-24-25-32-34-18-11-22-38(42(34)51-40(32)26-28)49-36-20-7-4-14-29(36)30-15-5-8-21-37(30)49/h1-26H. The van der Waals surface area contributed by atoms with Crippen molar-refractivity contribution in [2.24, 2.45) is 0 Å². The van der Waals surface area contributed by atoms with Crippen LogP contribution in [0, 0.1) is 0 Å². The largest absolute Gasteiger partial charge is 0.455 e. The van der Waals surface area contributed by atoms with Gasteiger partial charge in [-0.3, -0.25) is 0 Å². The third-order valence-electron chi connectivity index (χ3n) is 9.87. The van der Waals surface area contributed by atoms with E-state index in [9.17, 15) is 0 Å². The smallest absolute Gasteiger partial charge is 0.167 e. The van der Waals surface area contributed by atoms with Crippen LogP contribution in [-0.4, -0.2) is 19.5 Å². The zero-order chi connectivity index (χ0) is 33.5. The molecular weight excluding hydrogens is 629 g/mol. The molecule has 0 amide bonds. The molecule has 7 aromatic carbocycles. The molecule has 4 heterocycles. The van der Waals surface area contributed by atoms with E-state index in [0.717, 1.165) is 77.3 Å². The van der Waals surface area contributed by atoms with Gasteiger partial charge in [-0.05, 0) is 42.5 Å². The molecule has 0 aliphatic rings. The number of nitrogens with zero attached hydrogens (tertiary/aromatic N) is 4. The molecule has 6 nitrogen and oxygen atoms in total. The van der Waals surface area contributed by atoms with Crippen LogP contribution in [-0.2, 0) is 0 Å². The summed E-state index contributed by atoms with van der Waals surface area (Å²) in [6.45, 7) is 0. The summed E-state index contributed by atoms with van der Waals surface area (Å²) < 4.78 is 15.5. The fourth-order valence-electron chi connectivity index (χ4n) is 7.55. The fraction of sp³-hybridized carbons (Fsp3) is 0. The molecule has 6 heteroatoms. The molecule has 0 saturated heterocycles. The van der Waals surface area contributed by atoms with E-state index < -0.39 is 0 Å². The van der Waals surface area contributed by atoms with Crippen molar-refractivity contribution in [2.75, 3.05) is 0 Å². The van der Waals surface area contributed by atoms with Crippen LogP contribution in [0.5, 0.6) is 0 Å². The Kier molecular flexibility index (Phi) is 5.86. The van der Waals surface area contributed by atoms with Gasteiger partial charge in [-0.1, -0.05) is 115 Å². The maximum atomic E-state index is 6.78. The Morgan fingerprint density at radius 2 is 0.941 bits per heavy atom. The number of rotatable bonds is 4. The van der Waals surface area contributed by atoms with Gasteiger partial charge in [-0.25, -0.2) is 15.0 Å². The third kappa shape index (κ3) is 4.20. The highest BCUT2D eigenvalue weighted by atomic mass is 16.3. The minimum Gasteiger partial charge on any atom is -0.455 e. The molecule has 0 radical (unpaired) electrons. The second-order valence-corrected chi connectivity index (χ2v) is 12.8. The van der Waals surface area contributed by atoms with Crippen molar-refractivity contribution in [3.05, 3.63) is 158 Å². The Morgan fingerprint density at radius 1 is 0.373 bits per heavy atom. The number of para-hydroxylation sites is 5. The maximum absolute atomic E-state index is 6.78. The molecule has 4 aromatic heterocycles. The van der Waals surface area contributed by atoms with Crippen LogP contribution < -0.4 is 0 Å². The summed E-state index contributed by atoms with van der Waals surface area (Å²) in [5.41, 5.74) is 8.98. The molecule has 11 aromatic rings. The van der Waals surface area contributed by atoms with Gasteiger partial charge >= 0.3 is 0 Å². The molecule has 0 saturated carbocycles. The number of hydrogen-bond donors (Lipinski definition) is 0. The first-order valence-corrected chi connectivity index (χ1v) is 16.9. The monoisotopic (exact) mass is 654 g/mol. The van der Waals surface area contributed by atoms with Gasteiger partial charge in [-0.2, -0.15) is 0 Å². The molecule has 0 spiro atoms. The van der Waals surface area contributed by atoms with Gasteiger partial charge in [0.25, 0.3) is 0 Å². The van der Waals surface area contributed by atoms with E-state index in [0.29, 0.717) is 17.5 Å². The van der Waals surface area contributed by atoms with Gasteiger partial charge in [-0.15, -0.1) is 0 Å². The second kappa shape index (κ2) is 10.7. The highest BCUT2D eigenvalue weighted by Crippen LogP contribution is 2.40. The lowest BCUT2D eigenvalue weighted by Crippen LogP contribution is -2.00. The molecule has 0 bridgehead atoms. The summed E-state index contributed by atoms with van der Waals surface area (Å²) in [4.78, 5) is 15.1. The predicted octanol–water partition coefficient (Wildman–Crippen LogP) is 11.8. The van der Waals surface area contributed by atoms with Crippen molar-refractivity contribution < 1.29 is 8.83 Å². The van der Waals surface area contributed by atoms with Crippen molar-refractivity contribution in [3.63, 3.8) is 0 Å². The molecule has 0 fully saturated rings. The zero-order valence-electron chi connectivity index (χ0n) is 27.1. The SMILES string of the molecule is c1ccc(-c2nc(-c3ccc4c(c3)oc3c(-n5c6ccccc6c6ccccc65)cccc34)nc(-c3cccc4c3oc3ccccc34)n2)cc1. The Morgan fingerprint density at radius 3 is 1.73 bits per heavy atom. The molecule has 0 unspecified atom stereocenters. The van der Waals surface area contributed by atoms with E-state index in [4.69, 9.17) is 23.8 Å². The highest BCUT2D eigenvalue weighted by molar-refractivity contribution is 6.13. The summed E-state index contributed by atoms with van der Waals surface area (Å²) in [7, 11) is 0. The van der Waals surface area contributed by atoms with Gasteiger partial charge in [0, 0.05) is 43.4 Å². The number of aromatic nitrogens is 4. The quantitative estimate of drug-likeness (QED) is 0.189. The number of benzene rings is 7. The molecule has 238 valence electrons. The fourth-order valence-corrected chi connectivity index (χ4v) is 7.55. The van der Waals surface area contributed by atoms with Gasteiger partial charge in [0.05, 0.1) is 22.3 Å². The highest BCUT2D eigenvalue weighted by Gasteiger charge is 2.20. The van der Waals surface area contributed by atoms with E-state index >= 15 is 0 Å². The summed E-state index contributed by atoms with van der Waals surface area (Å²) in [5.74, 6) is 1.68. The molecule has 51 heavy (non-hydrogen) atoms. The first-order chi connectivity index (χ1) is 25.3. The molecular formula is C45H26N4O2. The normalized spacial score (nSPS) is 11.9. The van der Waals surface area contributed by atoms with Crippen molar-refractivity contribution in [2.45, 2.75) is 0 Å². The summed E-state index contributed by atoms with van der Waals surface area (Å²) in [6, 6.07) is 53.9. The average Bonchev–Trinajstić information content (AvgIpc) is 3.87. The molecule has 0 aliphatic heterocycles. The van der Waals surface area contributed by atoms with Crippen LogP contribution in [0.15, 0.2) is 167 Å². The van der Waals surface area contributed by atoms with Gasteiger partial charge in [0.1, 0.15) is 16.7 Å².